The lowest BCUT2D eigenvalue weighted by Crippen LogP contribution is -1.97. The van der Waals surface area contributed by atoms with Gasteiger partial charge in [-0.15, -0.1) is 0 Å². The molecule has 3 aromatic heterocycles. The Balaban J connectivity index is 1.46. The van der Waals surface area contributed by atoms with Gasteiger partial charge in [-0.25, -0.2) is 0 Å². The molecule has 118 valence electrons. The van der Waals surface area contributed by atoms with Crippen molar-refractivity contribution in [3.63, 3.8) is 0 Å². The zero-order valence-electron chi connectivity index (χ0n) is 12.6. The van der Waals surface area contributed by atoms with E-state index in [1.807, 2.05) is 42.5 Å². The Morgan fingerprint density at radius 2 is 1.92 bits per heavy atom. The van der Waals surface area contributed by atoms with Crippen LogP contribution in [0.4, 0.5) is 0 Å². The SMILES string of the molecule is c1ccc(OCc2noc(-c3ccc(-c4cn[nH]c4)nc3)n2)cc1. The van der Waals surface area contributed by atoms with Crippen LogP contribution in [-0.2, 0) is 6.61 Å². The minimum absolute atomic E-state index is 0.244. The fraction of sp³-hybridized carbons (Fsp3) is 0.0588. The van der Waals surface area contributed by atoms with Gasteiger partial charge in [0.2, 0.25) is 5.82 Å². The number of H-pyrrole nitrogens is 1. The molecule has 24 heavy (non-hydrogen) atoms. The molecule has 4 rings (SSSR count). The smallest absolute Gasteiger partial charge is 0.259 e. The van der Waals surface area contributed by atoms with Crippen molar-refractivity contribution in [3.8, 4) is 28.5 Å². The van der Waals surface area contributed by atoms with Crippen molar-refractivity contribution in [2.75, 3.05) is 0 Å². The molecule has 0 atom stereocenters. The van der Waals surface area contributed by atoms with E-state index in [0.29, 0.717) is 11.7 Å². The summed E-state index contributed by atoms with van der Waals surface area (Å²) in [6.45, 7) is 0.244. The lowest BCUT2D eigenvalue weighted by Gasteiger charge is -2.01. The van der Waals surface area contributed by atoms with Gasteiger partial charge in [0.05, 0.1) is 17.5 Å². The van der Waals surface area contributed by atoms with E-state index in [4.69, 9.17) is 9.26 Å². The molecule has 1 aromatic carbocycles. The van der Waals surface area contributed by atoms with Crippen molar-refractivity contribution < 1.29 is 9.26 Å². The van der Waals surface area contributed by atoms with Crippen LogP contribution in [0.3, 0.4) is 0 Å². The second-order valence-corrected chi connectivity index (χ2v) is 5.04. The molecular formula is C17H13N5O2. The molecule has 3 heterocycles. The number of nitrogens with one attached hydrogen (secondary N) is 1. The molecule has 0 aliphatic carbocycles. The highest BCUT2D eigenvalue weighted by molar-refractivity contribution is 5.61. The summed E-state index contributed by atoms with van der Waals surface area (Å²) in [5.74, 6) is 1.65. The zero-order chi connectivity index (χ0) is 16.2. The maximum absolute atomic E-state index is 5.60. The molecule has 0 aliphatic heterocycles. The zero-order valence-corrected chi connectivity index (χ0v) is 12.6. The van der Waals surface area contributed by atoms with Crippen molar-refractivity contribution in [1.29, 1.82) is 0 Å². The van der Waals surface area contributed by atoms with Crippen LogP contribution in [0.25, 0.3) is 22.7 Å². The van der Waals surface area contributed by atoms with Crippen LogP contribution < -0.4 is 4.74 Å². The van der Waals surface area contributed by atoms with E-state index in [9.17, 15) is 0 Å². The first-order chi connectivity index (χ1) is 11.9. The van der Waals surface area contributed by atoms with Crippen LogP contribution in [-0.4, -0.2) is 25.3 Å². The fourth-order valence-electron chi connectivity index (χ4n) is 2.18. The minimum Gasteiger partial charge on any atom is -0.485 e. The molecule has 0 aliphatic rings. The molecule has 0 unspecified atom stereocenters. The summed E-state index contributed by atoms with van der Waals surface area (Å²) >= 11 is 0. The first-order valence-corrected chi connectivity index (χ1v) is 7.34. The third-order valence-corrected chi connectivity index (χ3v) is 3.38. The molecule has 0 radical (unpaired) electrons. The molecular weight excluding hydrogens is 306 g/mol. The molecule has 0 bridgehead atoms. The van der Waals surface area contributed by atoms with E-state index in [0.717, 1.165) is 22.6 Å². The summed E-state index contributed by atoms with van der Waals surface area (Å²) in [5, 5.41) is 10.6. The molecule has 7 nitrogen and oxygen atoms in total. The van der Waals surface area contributed by atoms with Gasteiger partial charge in [0.1, 0.15) is 5.75 Å². The number of benzene rings is 1. The molecule has 0 amide bonds. The number of ether oxygens (including phenoxy) is 1. The predicted molar refractivity (Wildman–Crippen MR) is 85.9 cm³/mol. The van der Waals surface area contributed by atoms with Gasteiger partial charge in [-0.1, -0.05) is 23.4 Å². The molecule has 7 heteroatoms. The largest absolute Gasteiger partial charge is 0.485 e. The molecule has 0 saturated carbocycles. The van der Waals surface area contributed by atoms with Crippen molar-refractivity contribution in [2.24, 2.45) is 0 Å². The van der Waals surface area contributed by atoms with Crippen molar-refractivity contribution in [1.82, 2.24) is 25.3 Å². The van der Waals surface area contributed by atoms with Gasteiger partial charge in [0, 0.05) is 18.0 Å². The second kappa shape index (κ2) is 6.33. The van der Waals surface area contributed by atoms with Crippen LogP contribution in [0.5, 0.6) is 5.75 Å². The molecule has 0 fully saturated rings. The summed E-state index contributed by atoms with van der Waals surface area (Å²) in [4.78, 5) is 8.71. The molecule has 4 aromatic rings. The standard InChI is InChI=1S/C17H13N5O2/c1-2-4-14(5-3-1)23-11-16-21-17(24-22-16)12-6-7-15(18-8-12)13-9-19-20-10-13/h1-10H,11H2,(H,19,20). The number of aromatic nitrogens is 5. The number of hydrogen-bond acceptors (Lipinski definition) is 6. The maximum atomic E-state index is 5.60. The third-order valence-electron chi connectivity index (χ3n) is 3.38. The highest BCUT2D eigenvalue weighted by Crippen LogP contribution is 2.21. The molecule has 1 N–H and O–H groups in total. The molecule has 0 spiro atoms. The van der Waals surface area contributed by atoms with E-state index in [-0.39, 0.29) is 6.61 Å². The Hall–Kier alpha value is -3.48. The monoisotopic (exact) mass is 319 g/mol. The van der Waals surface area contributed by atoms with Crippen LogP contribution in [0.2, 0.25) is 0 Å². The van der Waals surface area contributed by atoms with Gasteiger partial charge < -0.3 is 9.26 Å². The third kappa shape index (κ3) is 3.00. The average molecular weight is 319 g/mol. The van der Waals surface area contributed by atoms with Crippen molar-refractivity contribution in [2.45, 2.75) is 6.61 Å². The summed E-state index contributed by atoms with van der Waals surface area (Å²) in [6.07, 6.45) is 5.19. The summed E-state index contributed by atoms with van der Waals surface area (Å²) in [6, 6.07) is 13.3. The van der Waals surface area contributed by atoms with Gasteiger partial charge in [0.25, 0.3) is 5.89 Å². The van der Waals surface area contributed by atoms with E-state index >= 15 is 0 Å². The van der Waals surface area contributed by atoms with E-state index in [1.165, 1.54) is 0 Å². The van der Waals surface area contributed by atoms with Gasteiger partial charge in [-0.3, -0.25) is 10.1 Å². The number of pyridine rings is 1. The number of nitrogens with zero attached hydrogens (tertiary/aromatic N) is 4. The fourth-order valence-corrected chi connectivity index (χ4v) is 2.18. The number of para-hydroxylation sites is 1. The van der Waals surface area contributed by atoms with Gasteiger partial charge in [-0.2, -0.15) is 10.1 Å². The normalized spacial score (nSPS) is 10.7. The van der Waals surface area contributed by atoms with E-state index in [1.54, 1.807) is 18.6 Å². The Morgan fingerprint density at radius 3 is 2.67 bits per heavy atom. The summed E-state index contributed by atoms with van der Waals surface area (Å²) in [5.41, 5.74) is 2.49. The average Bonchev–Trinajstić information content (AvgIpc) is 3.33. The Kier molecular flexibility index (Phi) is 3.73. The van der Waals surface area contributed by atoms with Crippen LogP contribution in [0.1, 0.15) is 5.82 Å². The maximum Gasteiger partial charge on any atom is 0.259 e. The lowest BCUT2D eigenvalue weighted by atomic mass is 10.2. The Labute approximate surface area is 137 Å². The quantitative estimate of drug-likeness (QED) is 0.608. The number of hydrogen-bond donors (Lipinski definition) is 1. The van der Waals surface area contributed by atoms with Gasteiger partial charge in [-0.05, 0) is 24.3 Å². The van der Waals surface area contributed by atoms with Crippen LogP contribution in [0, 0.1) is 0 Å². The lowest BCUT2D eigenvalue weighted by molar-refractivity contribution is 0.287. The first kappa shape index (κ1) is 14.1. The highest BCUT2D eigenvalue weighted by Gasteiger charge is 2.10. The van der Waals surface area contributed by atoms with Gasteiger partial charge >= 0.3 is 0 Å². The predicted octanol–water partition coefficient (Wildman–Crippen LogP) is 3.10. The van der Waals surface area contributed by atoms with Crippen LogP contribution >= 0.6 is 0 Å². The van der Waals surface area contributed by atoms with Crippen LogP contribution in [0.15, 0.2) is 65.6 Å². The number of aromatic amines is 1. The van der Waals surface area contributed by atoms with E-state index in [2.05, 4.69) is 25.3 Å². The Morgan fingerprint density at radius 1 is 1.00 bits per heavy atom. The highest BCUT2D eigenvalue weighted by atomic mass is 16.5. The van der Waals surface area contributed by atoms with E-state index < -0.39 is 0 Å². The van der Waals surface area contributed by atoms with Gasteiger partial charge in [0.15, 0.2) is 6.61 Å². The Bertz CT molecular complexity index is 902. The van der Waals surface area contributed by atoms with Crippen molar-refractivity contribution in [3.05, 3.63) is 66.9 Å². The van der Waals surface area contributed by atoms with Crippen molar-refractivity contribution >= 4 is 0 Å². The summed E-state index contributed by atoms with van der Waals surface area (Å²) in [7, 11) is 0. The first-order valence-electron chi connectivity index (χ1n) is 7.34. The minimum atomic E-state index is 0.244. The number of rotatable bonds is 5. The summed E-state index contributed by atoms with van der Waals surface area (Å²) < 4.78 is 10.9. The molecule has 0 saturated heterocycles. The topological polar surface area (TPSA) is 89.7 Å². The second-order valence-electron chi connectivity index (χ2n) is 5.04.